The van der Waals surface area contributed by atoms with Gasteiger partial charge in [-0.05, 0) is 48.3 Å². The van der Waals surface area contributed by atoms with E-state index >= 15 is 0 Å². The Morgan fingerprint density at radius 3 is 2.56 bits per heavy atom. The van der Waals surface area contributed by atoms with Crippen LogP contribution < -0.4 is 5.73 Å². The van der Waals surface area contributed by atoms with Gasteiger partial charge in [0.2, 0.25) is 0 Å². The number of nitrogen functional groups attached to an aromatic ring is 1. The number of anilines is 1. The van der Waals surface area contributed by atoms with Crippen molar-refractivity contribution < 1.29 is 0 Å². The molecular weight excluding hydrogens is 268 g/mol. The first-order valence-electron chi connectivity index (χ1n) is 4.95. The van der Waals surface area contributed by atoms with Gasteiger partial charge < -0.3 is 5.73 Å². The lowest BCUT2D eigenvalue weighted by molar-refractivity contribution is 0.807. The minimum absolute atomic E-state index is 0.667. The molecule has 2 aromatic rings. The van der Waals surface area contributed by atoms with Gasteiger partial charge in [0.05, 0.1) is 21.5 Å². The van der Waals surface area contributed by atoms with E-state index < -0.39 is 0 Å². The van der Waals surface area contributed by atoms with E-state index in [2.05, 4.69) is 26.0 Å². The molecule has 0 aromatic carbocycles. The molecule has 16 heavy (non-hydrogen) atoms. The van der Waals surface area contributed by atoms with E-state index in [1.807, 2.05) is 26.8 Å². The van der Waals surface area contributed by atoms with Gasteiger partial charge in [-0.3, -0.25) is 0 Å². The molecule has 84 valence electrons. The maximum Gasteiger partial charge on any atom is 0.177 e. The molecule has 2 aromatic heterocycles. The summed E-state index contributed by atoms with van der Waals surface area (Å²) in [6.45, 7) is 5.88. The van der Waals surface area contributed by atoms with Crippen molar-refractivity contribution in [3.8, 4) is 5.82 Å². The first kappa shape index (κ1) is 11.1. The maximum absolute atomic E-state index is 6.00. The lowest BCUT2D eigenvalue weighted by Crippen LogP contribution is -2.07. The topological polar surface area (TPSA) is 56.7 Å². The van der Waals surface area contributed by atoms with Gasteiger partial charge in [0, 0.05) is 6.20 Å². The minimum atomic E-state index is 0.667. The molecule has 0 saturated heterocycles. The lowest BCUT2D eigenvalue weighted by atomic mass is 10.2. The summed E-state index contributed by atoms with van der Waals surface area (Å²) >= 11 is 3.49. The third-order valence-corrected chi connectivity index (χ3v) is 3.74. The second-order valence-electron chi connectivity index (χ2n) is 3.76. The van der Waals surface area contributed by atoms with Crippen LogP contribution in [0.25, 0.3) is 5.82 Å². The Morgan fingerprint density at radius 2 is 2.00 bits per heavy atom. The minimum Gasteiger partial charge on any atom is -0.395 e. The smallest absolute Gasteiger partial charge is 0.177 e. The highest BCUT2D eigenvalue weighted by atomic mass is 79.9. The Labute approximate surface area is 103 Å². The average Bonchev–Trinajstić information content (AvgIpc) is 2.50. The number of nitrogens with two attached hydrogens (primary N) is 1. The van der Waals surface area contributed by atoms with Crippen molar-refractivity contribution in [2.75, 3.05) is 5.73 Å². The molecule has 0 spiro atoms. The molecule has 2 N–H and O–H groups in total. The molecule has 0 unspecified atom stereocenters. The third kappa shape index (κ3) is 1.61. The SMILES string of the molecule is Cc1ccnc(-n2nc(C)c(Br)c2C)c1N. The number of pyridine rings is 1. The fourth-order valence-electron chi connectivity index (χ4n) is 1.55. The van der Waals surface area contributed by atoms with Crippen molar-refractivity contribution in [2.24, 2.45) is 0 Å². The van der Waals surface area contributed by atoms with Crippen molar-refractivity contribution in [1.82, 2.24) is 14.8 Å². The molecule has 0 saturated carbocycles. The van der Waals surface area contributed by atoms with Crippen LogP contribution in [0, 0.1) is 20.8 Å². The summed E-state index contributed by atoms with van der Waals surface area (Å²) in [5, 5.41) is 4.41. The normalized spacial score (nSPS) is 10.8. The zero-order valence-electron chi connectivity index (χ0n) is 9.45. The van der Waals surface area contributed by atoms with Crippen LogP contribution in [0.15, 0.2) is 16.7 Å². The van der Waals surface area contributed by atoms with E-state index in [9.17, 15) is 0 Å². The van der Waals surface area contributed by atoms with E-state index in [4.69, 9.17) is 5.73 Å². The lowest BCUT2D eigenvalue weighted by Gasteiger charge is -2.08. The molecule has 0 bridgehead atoms. The van der Waals surface area contributed by atoms with Crippen LogP contribution in [-0.2, 0) is 0 Å². The van der Waals surface area contributed by atoms with Crippen LogP contribution in [0.4, 0.5) is 5.69 Å². The Kier molecular flexibility index (Phi) is 2.71. The fourth-order valence-corrected chi connectivity index (χ4v) is 1.80. The van der Waals surface area contributed by atoms with Gasteiger partial charge in [-0.15, -0.1) is 0 Å². The van der Waals surface area contributed by atoms with Crippen LogP contribution in [0.2, 0.25) is 0 Å². The molecule has 2 heterocycles. The van der Waals surface area contributed by atoms with E-state index in [-0.39, 0.29) is 0 Å². The Balaban J connectivity index is 2.68. The molecule has 0 atom stereocenters. The van der Waals surface area contributed by atoms with Crippen LogP contribution in [-0.4, -0.2) is 14.8 Å². The summed E-state index contributed by atoms with van der Waals surface area (Å²) in [4.78, 5) is 4.28. The summed E-state index contributed by atoms with van der Waals surface area (Å²) in [6, 6.07) is 1.89. The standard InChI is InChI=1S/C11H13BrN4/c1-6-4-5-14-11(10(6)13)16-8(3)9(12)7(2)15-16/h4-5H,13H2,1-3H3. The van der Waals surface area contributed by atoms with Crippen molar-refractivity contribution in [3.05, 3.63) is 33.7 Å². The summed E-state index contributed by atoms with van der Waals surface area (Å²) in [7, 11) is 0. The van der Waals surface area contributed by atoms with E-state index in [0.29, 0.717) is 11.5 Å². The first-order chi connectivity index (χ1) is 7.52. The summed E-state index contributed by atoms with van der Waals surface area (Å²) in [6.07, 6.45) is 1.74. The zero-order valence-corrected chi connectivity index (χ0v) is 11.0. The number of hydrogen-bond acceptors (Lipinski definition) is 3. The van der Waals surface area contributed by atoms with Gasteiger partial charge in [-0.1, -0.05) is 0 Å². The van der Waals surface area contributed by atoms with Gasteiger partial charge in [-0.25, -0.2) is 9.67 Å². The number of hydrogen-bond donors (Lipinski definition) is 1. The number of halogens is 1. The van der Waals surface area contributed by atoms with Gasteiger partial charge in [0.25, 0.3) is 0 Å². The Hall–Kier alpha value is -1.36. The molecule has 0 radical (unpaired) electrons. The average molecular weight is 281 g/mol. The van der Waals surface area contributed by atoms with Crippen molar-refractivity contribution in [3.63, 3.8) is 0 Å². The summed E-state index contributed by atoms with van der Waals surface area (Å²) in [5.41, 5.74) is 9.61. The molecule has 5 heteroatoms. The summed E-state index contributed by atoms with van der Waals surface area (Å²) < 4.78 is 2.76. The predicted octanol–water partition coefficient (Wildman–Crippen LogP) is 2.54. The highest BCUT2D eigenvalue weighted by Crippen LogP contribution is 2.25. The maximum atomic E-state index is 6.00. The molecule has 2 rings (SSSR count). The largest absolute Gasteiger partial charge is 0.395 e. The molecular formula is C11H13BrN4. The number of rotatable bonds is 1. The van der Waals surface area contributed by atoms with E-state index in [0.717, 1.165) is 21.4 Å². The first-order valence-corrected chi connectivity index (χ1v) is 5.75. The van der Waals surface area contributed by atoms with Gasteiger partial charge in [0.1, 0.15) is 0 Å². The highest BCUT2D eigenvalue weighted by Gasteiger charge is 2.13. The molecule has 0 amide bonds. The highest BCUT2D eigenvalue weighted by molar-refractivity contribution is 9.10. The van der Waals surface area contributed by atoms with E-state index in [1.54, 1.807) is 10.9 Å². The van der Waals surface area contributed by atoms with Crippen LogP contribution >= 0.6 is 15.9 Å². The van der Waals surface area contributed by atoms with Gasteiger partial charge >= 0.3 is 0 Å². The van der Waals surface area contributed by atoms with Gasteiger partial charge in [0.15, 0.2) is 5.82 Å². The number of aryl methyl sites for hydroxylation is 2. The third-order valence-electron chi connectivity index (χ3n) is 2.59. The molecule has 0 aliphatic heterocycles. The quantitative estimate of drug-likeness (QED) is 0.873. The van der Waals surface area contributed by atoms with Crippen molar-refractivity contribution in [2.45, 2.75) is 20.8 Å². The van der Waals surface area contributed by atoms with Crippen LogP contribution in [0.3, 0.4) is 0 Å². The molecule has 4 nitrogen and oxygen atoms in total. The second-order valence-corrected chi connectivity index (χ2v) is 4.55. The van der Waals surface area contributed by atoms with Crippen LogP contribution in [0.1, 0.15) is 17.0 Å². The summed E-state index contributed by atoms with van der Waals surface area (Å²) in [5.74, 6) is 0.686. The number of nitrogens with zero attached hydrogens (tertiary/aromatic N) is 3. The molecule has 0 aliphatic rings. The Morgan fingerprint density at radius 1 is 1.31 bits per heavy atom. The number of aromatic nitrogens is 3. The van der Waals surface area contributed by atoms with Gasteiger partial charge in [-0.2, -0.15) is 5.10 Å². The van der Waals surface area contributed by atoms with E-state index in [1.165, 1.54) is 0 Å². The van der Waals surface area contributed by atoms with Crippen molar-refractivity contribution >= 4 is 21.6 Å². The zero-order chi connectivity index (χ0) is 11.9. The molecule has 0 fully saturated rings. The predicted molar refractivity (Wildman–Crippen MR) is 67.7 cm³/mol. The van der Waals surface area contributed by atoms with Crippen molar-refractivity contribution in [1.29, 1.82) is 0 Å². The van der Waals surface area contributed by atoms with Crippen LogP contribution in [0.5, 0.6) is 0 Å². The Bertz CT molecular complexity index is 545. The second kappa shape index (κ2) is 3.90. The fraction of sp³-hybridized carbons (Fsp3) is 0.273. The molecule has 0 aliphatic carbocycles. The monoisotopic (exact) mass is 280 g/mol.